The zero-order valence-electron chi connectivity index (χ0n) is 13.6. The minimum atomic E-state index is -0.0163. The largest absolute Gasteiger partial charge is 0.444 e. The summed E-state index contributed by atoms with van der Waals surface area (Å²) in [7, 11) is 0. The van der Waals surface area contributed by atoms with Crippen LogP contribution in [0.4, 0.5) is 0 Å². The standard InChI is InChI=1S/C16H24N4O2/c1-10-12(3)21-14(18-10)9-17-11(2)16-19-15(20-22-16)13-7-5-4-6-8-13/h11,13,17H,4-9H2,1-3H3. The topological polar surface area (TPSA) is 77.0 Å². The number of nitrogens with one attached hydrogen (secondary N) is 1. The van der Waals surface area contributed by atoms with Crippen LogP contribution in [0, 0.1) is 13.8 Å². The molecule has 2 aromatic rings. The average molecular weight is 304 g/mol. The summed E-state index contributed by atoms with van der Waals surface area (Å²) in [6, 6.07) is -0.0163. The molecule has 2 aromatic heterocycles. The van der Waals surface area contributed by atoms with Gasteiger partial charge in [-0.2, -0.15) is 4.98 Å². The Morgan fingerprint density at radius 1 is 1.18 bits per heavy atom. The Balaban J connectivity index is 1.57. The predicted molar refractivity (Wildman–Crippen MR) is 81.4 cm³/mol. The van der Waals surface area contributed by atoms with Gasteiger partial charge in [0.1, 0.15) is 5.76 Å². The van der Waals surface area contributed by atoms with Crippen LogP contribution in [0.2, 0.25) is 0 Å². The Bertz CT molecular complexity index is 594. The number of nitrogens with zero attached hydrogens (tertiary/aromatic N) is 3. The van der Waals surface area contributed by atoms with Crippen LogP contribution >= 0.6 is 0 Å². The molecule has 1 fully saturated rings. The minimum Gasteiger partial charge on any atom is -0.444 e. The van der Waals surface area contributed by atoms with Crippen molar-refractivity contribution < 1.29 is 8.94 Å². The van der Waals surface area contributed by atoms with Gasteiger partial charge >= 0.3 is 0 Å². The van der Waals surface area contributed by atoms with Gasteiger partial charge < -0.3 is 8.94 Å². The van der Waals surface area contributed by atoms with E-state index >= 15 is 0 Å². The molecule has 1 aliphatic rings. The third kappa shape index (κ3) is 3.38. The van der Waals surface area contributed by atoms with Crippen molar-refractivity contribution in [2.45, 2.75) is 71.4 Å². The van der Waals surface area contributed by atoms with E-state index in [1.54, 1.807) is 0 Å². The molecular formula is C16H24N4O2. The molecule has 0 bridgehead atoms. The van der Waals surface area contributed by atoms with Crippen molar-refractivity contribution in [2.24, 2.45) is 0 Å². The smallest absolute Gasteiger partial charge is 0.243 e. The molecule has 0 aliphatic heterocycles. The van der Waals surface area contributed by atoms with Crippen molar-refractivity contribution in [1.82, 2.24) is 20.4 Å². The molecule has 6 heteroatoms. The summed E-state index contributed by atoms with van der Waals surface area (Å²) in [4.78, 5) is 8.94. The van der Waals surface area contributed by atoms with Gasteiger partial charge in [-0.3, -0.25) is 5.32 Å². The summed E-state index contributed by atoms with van der Waals surface area (Å²) in [6.07, 6.45) is 6.22. The summed E-state index contributed by atoms with van der Waals surface area (Å²) < 4.78 is 11.0. The first kappa shape index (κ1) is 15.2. The summed E-state index contributed by atoms with van der Waals surface area (Å²) in [5.41, 5.74) is 0.932. The molecule has 22 heavy (non-hydrogen) atoms. The molecule has 0 aromatic carbocycles. The normalized spacial score (nSPS) is 17.8. The van der Waals surface area contributed by atoms with Gasteiger partial charge in [-0.1, -0.05) is 24.4 Å². The highest BCUT2D eigenvalue weighted by atomic mass is 16.5. The second-order valence-electron chi connectivity index (χ2n) is 6.18. The molecule has 1 N–H and O–H groups in total. The lowest BCUT2D eigenvalue weighted by molar-refractivity contribution is 0.323. The molecule has 3 rings (SSSR count). The van der Waals surface area contributed by atoms with Gasteiger partial charge in [-0.25, -0.2) is 4.98 Å². The summed E-state index contributed by atoms with van der Waals surface area (Å²) in [5.74, 6) is 3.53. The monoisotopic (exact) mass is 304 g/mol. The number of hydrogen-bond acceptors (Lipinski definition) is 6. The van der Waals surface area contributed by atoms with Crippen LogP contribution in [-0.2, 0) is 6.54 Å². The Morgan fingerprint density at radius 3 is 2.64 bits per heavy atom. The van der Waals surface area contributed by atoms with Crippen molar-refractivity contribution in [2.75, 3.05) is 0 Å². The molecule has 1 atom stereocenters. The highest BCUT2D eigenvalue weighted by molar-refractivity contribution is 5.05. The van der Waals surface area contributed by atoms with Crippen molar-refractivity contribution in [3.8, 4) is 0 Å². The van der Waals surface area contributed by atoms with Crippen molar-refractivity contribution in [3.63, 3.8) is 0 Å². The lowest BCUT2D eigenvalue weighted by atomic mass is 9.89. The maximum atomic E-state index is 5.56. The zero-order valence-corrected chi connectivity index (χ0v) is 13.6. The molecule has 1 aliphatic carbocycles. The minimum absolute atomic E-state index is 0.0163. The van der Waals surface area contributed by atoms with E-state index < -0.39 is 0 Å². The van der Waals surface area contributed by atoms with Gasteiger partial charge in [0, 0.05) is 5.92 Å². The van der Waals surface area contributed by atoms with E-state index in [9.17, 15) is 0 Å². The van der Waals surface area contributed by atoms with Crippen LogP contribution in [0.25, 0.3) is 0 Å². The number of aromatic nitrogens is 3. The fourth-order valence-electron chi connectivity index (χ4n) is 2.89. The fraction of sp³-hybridized carbons (Fsp3) is 0.688. The fourth-order valence-corrected chi connectivity index (χ4v) is 2.89. The number of aryl methyl sites for hydroxylation is 2. The molecule has 1 saturated carbocycles. The van der Waals surface area contributed by atoms with Gasteiger partial charge in [0.15, 0.2) is 5.82 Å². The van der Waals surface area contributed by atoms with Crippen LogP contribution < -0.4 is 5.32 Å². The van der Waals surface area contributed by atoms with Crippen LogP contribution in [0.15, 0.2) is 8.94 Å². The third-order valence-corrected chi connectivity index (χ3v) is 4.43. The molecule has 2 heterocycles. The van der Waals surface area contributed by atoms with Crippen molar-refractivity contribution in [1.29, 1.82) is 0 Å². The van der Waals surface area contributed by atoms with Crippen molar-refractivity contribution >= 4 is 0 Å². The summed E-state index contributed by atoms with van der Waals surface area (Å²) in [5, 5.41) is 7.49. The van der Waals surface area contributed by atoms with E-state index in [2.05, 4.69) is 20.4 Å². The molecule has 6 nitrogen and oxygen atoms in total. The SMILES string of the molecule is Cc1nc(CNC(C)c2nc(C3CCCCC3)no2)oc1C. The molecule has 0 radical (unpaired) electrons. The van der Waals surface area contributed by atoms with Gasteiger partial charge in [0.25, 0.3) is 0 Å². The molecule has 0 saturated heterocycles. The van der Waals surface area contributed by atoms with Gasteiger partial charge in [-0.05, 0) is 33.6 Å². The van der Waals surface area contributed by atoms with E-state index in [4.69, 9.17) is 8.94 Å². The van der Waals surface area contributed by atoms with Gasteiger partial charge in [-0.15, -0.1) is 0 Å². The number of rotatable bonds is 5. The Labute approximate surface area is 130 Å². The molecule has 120 valence electrons. The Kier molecular flexibility index (Phi) is 4.57. The summed E-state index contributed by atoms with van der Waals surface area (Å²) in [6.45, 7) is 6.43. The third-order valence-electron chi connectivity index (χ3n) is 4.43. The Morgan fingerprint density at radius 2 is 1.95 bits per heavy atom. The number of oxazole rings is 1. The van der Waals surface area contributed by atoms with Crippen LogP contribution in [0.3, 0.4) is 0 Å². The lowest BCUT2D eigenvalue weighted by Crippen LogP contribution is -2.18. The molecule has 0 spiro atoms. The highest BCUT2D eigenvalue weighted by Crippen LogP contribution is 2.31. The van der Waals surface area contributed by atoms with E-state index in [1.807, 2.05) is 20.8 Å². The van der Waals surface area contributed by atoms with Gasteiger partial charge in [0.05, 0.1) is 18.3 Å². The molecule has 0 amide bonds. The first-order valence-electron chi connectivity index (χ1n) is 8.13. The highest BCUT2D eigenvalue weighted by Gasteiger charge is 2.22. The second-order valence-corrected chi connectivity index (χ2v) is 6.18. The summed E-state index contributed by atoms with van der Waals surface area (Å²) >= 11 is 0. The second kappa shape index (κ2) is 6.60. The maximum absolute atomic E-state index is 5.56. The molecular weight excluding hydrogens is 280 g/mol. The van der Waals surface area contributed by atoms with Gasteiger partial charge in [0.2, 0.25) is 11.8 Å². The molecule has 1 unspecified atom stereocenters. The van der Waals surface area contributed by atoms with Crippen molar-refractivity contribution in [3.05, 3.63) is 29.1 Å². The van der Waals surface area contributed by atoms with Crippen LogP contribution in [0.5, 0.6) is 0 Å². The van der Waals surface area contributed by atoms with E-state index in [0.29, 0.717) is 24.2 Å². The van der Waals surface area contributed by atoms with E-state index in [1.165, 1.54) is 32.1 Å². The van der Waals surface area contributed by atoms with Crippen LogP contribution in [-0.4, -0.2) is 15.1 Å². The first-order valence-corrected chi connectivity index (χ1v) is 8.13. The number of hydrogen-bond donors (Lipinski definition) is 1. The van der Waals surface area contributed by atoms with E-state index in [-0.39, 0.29) is 6.04 Å². The van der Waals surface area contributed by atoms with Crippen LogP contribution in [0.1, 0.15) is 80.0 Å². The predicted octanol–water partition coefficient (Wildman–Crippen LogP) is 3.57. The quantitative estimate of drug-likeness (QED) is 0.910. The maximum Gasteiger partial charge on any atom is 0.243 e. The lowest BCUT2D eigenvalue weighted by Gasteiger charge is -2.17. The first-order chi connectivity index (χ1) is 10.6. The Hall–Kier alpha value is -1.69. The van der Waals surface area contributed by atoms with E-state index in [0.717, 1.165) is 17.3 Å². The zero-order chi connectivity index (χ0) is 15.5. The average Bonchev–Trinajstić information content (AvgIpc) is 3.14.